The predicted octanol–water partition coefficient (Wildman–Crippen LogP) is 2.80. The smallest absolute Gasteiger partial charge is 0.242 e. The molecule has 1 heterocycles. The zero-order chi connectivity index (χ0) is 15.6. The molecule has 3 N–H and O–H groups in total. The lowest BCUT2D eigenvalue weighted by atomic mass is 10.2. The van der Waals surface area contributed by atoms with Crippen LogP contribution in [0.4, 0.5) is 5.69 Å². The van der Waals surface area contributed by atoms with Crippen LogP contribution in [0, 0.1) is 0 Å². The van der Waals surface area contributed by atoms with Crippen LogP contribution in [-0.4, -0.2) is 23.6 Å². The summed E-state index contributed by atoms with van der Waals surface area (Å²) in [5.41, 5.74) is 6.49. The van der Waals surface area contributed by atoms with Crippen LogP contribution in [-0.2, 0) is 10.0 Å². The Labute approximate surface area is 137 Å². The summed E-state index contributed by atoms with van der Waals surface area (Å²) in [6, 6.07) is 7.14. The fraction of sp³-hybridized carbons (Fsp3) is 0.231. The van der Waals surface area contributed by atoms with E-state index in [0.717, 1.165) is 9.86 Å². The maximum absolute atomic E-state index is 12.4. The highest BCUT2D eigenvalue weighted by atomic mass is 79.9. The van der Waals surface area contributed by atoms with Crippen LogP contribution in [0.2, 0.25) is 0 Å². The molecule has 0 aliphatic heterocycles. The Balaban J connectivity index is 2.46. The number of benzene rings is 1. The van der Waals surface area contributed by atoms with Gasteiger partial charge in [0.2, 0.25) is 10.0 Å². The van der Waals surface area contributed by atoms with E-state index in [9.17, 15) is 8.42 Å². The van der Waals surface area contributed by atoms with Gasteiger partial charge >= 0.3 is 0 Å². The van der Waals surface area contributed by atoms with Gasteiger partial charge in [0.25, 0.3) is 0 Å². The number of anilines is 1. The molecule has 2 rings (SSSR count). The van der Waals surface area contributed by atoms with Gasteiger partial charge in [-0.05, 0) is 34.5 Å². The SMILES string of the molecule is CCC(C(N)=S)S(=O)(=O)Nc1cccc2cc(Br)cnc12. The van der Waals surface area contributed by atoms with Gasteiger partial charge in [-0.2, -0.15) is 0 Å². The number of nitrogens with two attached hydrogens (primary N) is 1. The topological polar surface area (TPSA) is 85.1 Å². The summed E-state index contributed by atoms with van der Waals surface area (Å²) in [7, 11) is -3.69. The van der Waals surface area contributed by atoms with Gasteiger partial charge in [-0.25, -0.2) is 8.42 Å². The Hall–Kier alpha value is -1.25. The van der Waals surface area contributed by atoms with E-state index >= 15 is 0 Å². The zero-order valence-electron chi connectivity index (χ0n) is 11.2. The lowest BCUT2D eigenvalue weighted by molar-refractivity contribution is 0.594. The number of thiocarbonyl (C=S) groups is 1. The third kappa shape index (κ3) is 3.50. The van der Waals surface area contributed by atoms with E-state index in [1.54, 1.807) is 25.3 Å². The van der Waals surface area contributed by atoms with Crippen LogP contribution >= 0.6 is 28.1 Å². The Morgan fingerprint density at radius 3 is 2.86 bits per heavy atom. The van der Waals surface area contributed by atoms with Gasteiger partial charge < -0.3 is 5.73 Å². The van der Waals surface area contributed by atoms with Crippen molar-refractivity contribution in [3.05, 3.63) is 34.9 Å². The standard InChI is InChI=1S/C13H14BrN3O2S2/c1-2-11(13(15)20)21(18,19)17-10-5-3-4-8-6-9(14)7-16-12(8)10/h3-7,11,17H,2H2,1H3,(H2,15,20). The van der Waals surface area contributed by atoms with Crippen LogP contribution in [0.5, 0.6) is 0 Å². The highest BCUT2D eigenvalue weighted by Gasteiger charge is 2.27. The molecule has 0 fully saturated rings. The molecule has 2 aromatic rings. The Morgan fingerprint density at radius 1 is 1.52 bits per heavy atom. The molecule has 1 aromatic carbocycles. The first kappa shape index (κ1) is 16.1. The number of pyridine rings is 1. The van der Waals surface area contributed by atoms with Crippen molar-refractivity contribution in [3.63, 3.8) is 0 Å². The Kier molecular flexibility index (Phi) is 4.80. The number of rotatable bonds is 5. The van der Waals surface area contributed by atoms with Crippen molar-refractivity contribution in [2.24, 2.45) is 5.73 Å². The number of hydrogen-bond donors (Lipinski definition) is 2. The first-order valence-corrected chi connectivity index (χ1v) is 8.95. The largest absolute Gasteiger partial charge is 0.392 e. The molecule has 0 aliphatic rings. The van der Waals surface area contributed by atoms with E-state index in [1.165, 1.54) is 0 Å². The second kappa shape index (κ2) is 6.25. The van der Waals surface area contributed by atoms with Gasteiger partial charge in [-0.3, -0.25) is 9.71 Å². The first-order valence-electron chi connectivity index (χ1n) is 6.20. The molecule has 0 aliphatic carbocycles. The summed E-state index contributed by atoms with van der Waals surface area (Å²) >= 11 is 8.17. The summed E-state index contributed by atoms with van der Waals surface area (Å²) in [5, 5.41) is -0.0776. The van der Waals surface area contributed by atoms with Crippen molar-refractivity contribution < 1.29 is 8.42 Å². The zero-order valence-corrected chi connectivity index (χ0v) is 14.4. The third-order valence-corrected chi connectivity index (χ3v) is 5.70. The molecule has 0 saturated carbocycles. The normalized spacial score (nSPS) is 13.0. The van der Waals surface area contributed by atoms with Crippen LogP contribution in [0.3, 0.4) is 0 Å². The minimum Gasteiger partial charge on any atom is -0.392 e. The molecule has 21 heavy (non-hydrogen) atoms. The molecule has 8 heteroatoms. The highest BCUT2D eigenvalue weighted by Crippen LogP contribution is 2.25. The van der Waals surface area contributed by atoms with Crippen molar-refractivity contribution in [1.29, 1.82) is 0 Å². The predicted molar refractivity (Wildman–Crippen MR) is 92.8 cm³/mol. The van der Waals surface area contributed by atoms with Gasteiger partial charge in [0.1, 0.15) is 5.25 Å². The molecule has 0 saturated heterocycles. The van der Waals surface area contributed by atoms with Crippen molar-refractivity contribution in [2.75, 3.05) is 4.72 Å². The monoisotopic (exact) mass is 387 g/mol. The molecule has 1 atom stereocenters. The van der Waals surface area contributed by atoms with Gasteiger partial charge in [0, 0.05) is 16.1 Å². The first-order chi connectivity index (χ1) is 9.85. The molecule has 0 amide bonds. The number of nitrogens with zero attached hydrogens (tertiary/aromatic N) is 1. The molecular formula is C13H14BrN3O2S2. The van der Waals surface area contributed by atoms with E-state index in [0.29, 0.717) is 17.6 Å². The van der Waals surface area contributed by atoms with E-state index in [4.69, 9.17) is 18.0 Å². The summed E-state index contributed by atoms with van der Waals surface area (Å²) in [6.07, 6.45) is 1.93. The van der Waals surface area contributed by atoms with Gasteiger partial charge in [0.15, 0.2) is 0 Å². The quantitative estimate of drug-likeness (QED) is 0.770. The van der Waals surface area contributed by atoms with Gasteiger partial charge in [0.05, 0.1) is 16.2 Å². The van der Waals surface area contributed by atoms with Crippen molar-refractivity contribution >= 4 is 59.7 Å². The average molecular weight is 388 g/mol. The van der Waals surface area contributed by atoms with Crippen molar-refractivity contribution in [3.8, 4) is 0 Å². The molecule has 1 aromatic heterocycles. The maximum atomic E-state index is 12.4. The molecule has 0 radical (unpaired) electrons. The fourth-order valence-corrected chi connectivity index (χ4v) is 4.27. The average Bonchev–Trinajstić information content (AvgIpc) is 2.37. The van der Waals surface area contributed by atoms with E-state index in [2.05, 4.69) is 25.6 Å². The molecule has 112 valence electrons. The number of fused-ring (bicyclic) bond motifs is 1. The number of halogens is 1. The molecule has 1 unspecified atom stereocenters. The maximum Gasteiger partial charge on any atom is 0.242 e. The van der Waals surface area contributed by atoms with E-state index in [-0.39, 0.29) is 4.99 Å². The molecule has 0 spiro atoms. The van der Waals surface area contributed by atoms with Crippen molar-refractivity contribution in [1.82, 2.24) is 4.98 Å². The lowest BCUT2D eigenvalue weighted by Gasteiger charge is -2.16. The summed E-state index contributed by atoms with van der Waals surface area (Å²) in [5.74, 6) is 0. The minimum atomic E-state index is -3.69. The van der Waals surface area contributed by atoms with Crippen molar-refractivity contribution in [2.45, 2.75) is 18.6 Å². The minimum absolute atomic E-state index is 0.0408. The number of sulfonamides is 1. The number of hydrogen-bond acceptors (Lipinski definition) is 4. The second-order valence-electron chi connectivity index (χ2n) is 4.48. The van der Waals surface area contributed by atoms with Crippen LogP contribution < -0.4 is 10.5 Å². The van der Waals surface area contributed by atoms with Crippen LogP contribution in [0.25, 0.3) is 10.9 Å². The van der Waals surface area contributed by atoms with E-state index < -0.39 is 15.3 Å². The lowest BCUT2D eigenvalue weighted by Crippen LogP contribution is -2.37. The number of para-hydroxylation sites is 1. The van der Waals surface area contributed by atoms with E-state index in [1.807, 2.05) is 12.1 Å². The Bertz CT molecular complexity index is 793. The van der Waals surface area contributed by atoms with Crippen LogP contribution in [0.1, 0.15) is 13.3 Å². The Morgan fingerprint density at radius 2 is 2.24 bits per heavy atom. The molecular weight excluding hydrogens is 374 g/mol. The highest BCUT2D eigenvalue weighted by molar-refractivity contribution is 9.10. The third-order valence-electron chi connectivity index (χ3n) is 2.99. The molecule has 0 bridgehead atoms. The second-order valence-corrected chi connectivity index (χ2v) is 7.73. The van der Waals surface area contributed by atoms with Crippen LogP contribution in [0.15, 0.2) is 34.9 Å². The summed E-state index contributed by atoms with van der Waals surface area (Å²) in [4.78, 5) is 4.22. The van der Waals surface area contributed by atoms with Gasteiger partial charge in [-0.15, -0.1) is 0 Å². The number of aromatic nitrogens is 1. The summed E-state index contributed by atoms with van der Waals surface area (Å²) < 4.78 is 28.1. The fourth-order valence-electron chi connectivity index (χ4n) is 2.01. The number of nitrogens with one attached hydrogen (secondary N) is 1. The molecule has 5 nitrogen and oxygen atoms in total. The van der Waals surface area contributed by atoms with Gasteiger partial charge in [-0.1, -0.05) is 31.3 Å². The summed E-state index contributed by atoms with van der Waals surface area (Å²) in [6.45, 7) is 1.72.